The molecule has 0 fully saturated rings. The standard InChI is InChI=1S/C19H20N4OS/c1-3-17-18(25-22-21-17)19(24)23(12-15-8-6-10-20-11-15)13-16-9-5-4-7-14(16)2/h4-11H,3,12-13H2,1-2H3. The van der Waals surface area contributed by atoms with Gasteiger partial charge in [0.15, 0.2) is 0 Å². The molecular formula is C19H20N4OS. The Balaban J connectivity index is 1.91. The average molecular weight is 352 g/mol. The van der Waals surface area contributed by atoms with E-state index in [1.54, 1.807) is 12.4 Å². The van der Waals surface area contributed by atoms with E-state index >= 15 is 0 Å². The first-order chi connectivity index (χ1) is 12.2. The Labute approximate surface area is 151 Å². The number of hydrogen-bond acceptors (Lipinski definition) is 5. The van der Waals surface area contributed by atoms with E-state index in [9.17, 15) is 4.79 Å². The van der Waals surface area contributed by atoms with Gasteiger partial charge >= 0.3 is 0 Å². The van der Waals surface area contributed by atoms with Gasteiger partial charge in [-0.05, 0) is 47.6 Å². The summed E-state index contributed by atoms with van der Waals surface area (Å²) in [5.74, 6) is -0.0287. The van der Waals surface area contributed by atoms with Crippen molar-refractivity contribution in [1.29, 1.82) is 0 Å². The van der Waals surface area contributed by atoms with E-state index in [-0.39, 0.29) is 5.91 Å². The highest BCUT2D eigenvalue weighted by Gasteiger charge is 2.22. The van der Waals surface area contributed by atoms with Crippen molar-refractivity contribution in [3.63, 3.8) is 0 Å². The third-order valence-electron chi connectivity index (χ3n) is 4.09. The van der Waals surface area contributed by atoms with Crippen LogP contribution in [0, 0.1) is 6.92 Å². The lowest BCUT2D eigenvalue weighted by Crippen LogP contribution is -2.30. The maximum atomic E-state index is 13.1. The van der Waals surface area contributed by atoms with Gasteiger partial charge in [-0.25, -0.2) is 0 Å². The van der Waals surface area contributed by atoms with E-state index in [2.05, 4.69) is 33.6 Å². The van der Waals surface area contributed by atoms with Gasteiger partial charge in [0, 0.05) is 25.5 Å². The number of carbonyl (C=O) groups excluding carboxylic acids is 1. The second kappa shape index (κ2) is 7.98. The lowest BCUT2D eigenvalue weighted by atomic mass is 10.1. The quantitative estimate of drug-likeness (QED) is 0.679. The minimum Gasteiger partial charge on any atom is -0.329 e. The summed E-state index contributed by atoms with van der Waals surface area (Å²) in [6.07, 6.45) is 4.23. The fourth-order valence-electron chi connectivity index (χ4n) is 2.65. The molecule has 0 unspecified atom stereocenters. The molecule has 0 bridgehead atoms. The molecule has 1 aromatic carbocycles. The number of aryl methyl sites for hydroxylation is 2. The Kier molecular flexibility index (Phi) is 5.50. The molecule has 3 aromatic rings. The van der Waals surface area contributed by atoms with Crippen LogP contribution >= 0.6 is 11.5 Å². The summed E-state index contributed by atoms with van der Waals surface area (Å²) in [6, 6.07) is 12.0. The van der Waals surface area contributed by atoms with Gasteiger partial charge in [-0.3, -0.25) is 9.78 Å². The number of hydrogen-bond donors (Lipinski definition) is 0. The van der Waals surface area contributed by atoms with Crippen LogP contribution in [0.4, 0.5) is 0 Å². The molecule has 128 valence electrons. The Bertz CT molecular complexity index is 847. The summed E-state index contributed by atoms with van der Waals surface area (Å²) >= 11 is 1.17. The van der Waals surface area contributed by atoms with Gasteiger partial charge in [0.2, 0.25) is 0 Å². The predicted octanol–water partition coefficient (Wildman–Crippen LogP) is 3.65. The smallest absolute Gasteiger partial charge is 0.268 e. The zero-order valence-electron chi connectivity index (χ0n) is 14.3. The van der Waals surface area contributed by atoms with Crippen LogP contribution in [0.2, 0.25) is 0 Å². The highest BCUT2D eigenvalue weighted by molar-refractivity contribution is 7.07. The van der Waals surface area contributed by atoms with Crippen molar-refractivity contribution in [1.82, 2.24) is 19.5 Å². The van der Waals surface area contributed by atoms with Crippen LogP contribution in [0.5, 0.6) is 0 Å². The molecular weight excluding hydrogens is 332 g/mol. The van der Waals surface area contributed by atoms with Crippen LogP contribution in [0.3, 0.4) is 0 Å². The Hall–Kier alpha value is -2.60. The Morgan fingerprint density at radius 2 is 2.00 bits per heavy atom. The number of aromatic nitrogens is 3. The van der Waals surface area contributed by atoms with Gasteiger partial charge in [-0.1, -0.05) is 41.7 Å². The summed E-state index contributed by atoms with van der Waals surface area (Å²) in [5.41, 5.74) is 4.07. The molecule has 0 spiro atoms. The van der Waals surface area contributed by atoms with Gasteiger partial charge in [0.05, 0.1) is 5.69 Å². The number of amides is 1. The summed E-state index contributed by atoms with van der Waals surface area (Å²) < 4.78 is 3.96. The molecule has 25 heavy (non-hydrogen) atoms. The average Bonchev–Trinajstić information content (AvgIpc) is 3.12. The summed E-state index contributed by atoms with van der Waals surface area (Å²) in [6.45, 7) is 5.09. The summed E-state index contributed by atoms with van der Waals surface area (Å²) in [4.78, 5) is 19.8. The predicted molar refractivity (Wildman–Crippen MR) is 98.3 cm³/mol. The first-order valence-electron chi connectivity index (χ1n) is 8.23. The van der Waals surface area contributed by atoms with Crippen molar-refractivity contribution >= 4 is 17.4 Å². The summed E-state index contributed by atoms with van der Waals surface area (Å²) in [7, 11) is 0. The van der Waals surface area contributed by atoms with Gasteiger partial charge < -0.3 is 4.90 Å². The lowest BCUT2D eigenvalue weighted by Gasteiger charge is -2.23. The largest absolute Gasteiger partial charge is 0.329 e. The molecule has 0 radical (unpaired) electrons. The minimum absolute atomic E-state index is 0.0287. The minimum atomic E-state index is -0.0287. The van der Waals surface area contributed by atoms with Crippen molar-refractivity contribution in [2.75, 3.05) is 0 Å². The molecule has 5 nitrogen and oxygen atoms in total. The second-order valence-electron chi connectivity index (χ2n) is 5.85. The van der Waals surface area contributed by atoms with Crippen molar-refractivity contribution in [2.24, 2.45) is 0 Å². The zero-order chi connectivity index (χ0) is 17.6. The van der Waals surface area contributed by atoms with Gasteiger partial charge in [-0.2, -0.15) is 0 Å². The Morgan fingerprint density at radius 3 is 2.72 bits per heavy atom. The molecule has 0 saturated carbocycles. The van der Waals surface area contributed by atoms with Gasteiger partial charge in [0.25, 0.3) is 5.91 Å². The van der Waals surface area contributed by atoms with Crippen LogP contribution in [-0.4, -0.2) is 25.4 Å². The van der Waals surface area contributed by atoms with Crippen LogP contribution in [0.1, 0.15) is 39.0 Å². The van der Waals surface area contributed by atoms with Crippen molar-refractivity contribution < 1.29 is 4.79 Å². The molecule has 0 atom stereocenters. The highest BCUT2D eigenvalue weighted by atomic mass is 32.1. The molecule has 0 aliphatic carbocycles. The number of nitrogens with zero attached hydrogens (tertiary/aromatic N) is 4. The number of benzene rings is 1. The molecule has 3 rings (SSSR count). The second-order valence-corrected chi connectivity index (χ2v) is 6.61. The van der Waals surface area contributed by atoms with E-state index < -0.39 is 0 Å². The molecule has 0 N–H and O–H groups in total. The molecule has 1 amide bonds. The Morgan fingerprint density at radius 1 is 1.16 bits per heavy atom. The first-order valence-corrected chi connectivity index (χ1v) is 9.00. The third kappa shape index (κ3) is 4.09. The maximum Gasteiger partial charge on any atom is 0.268 e. The SMILES string of the molecule is CCc1nnsc1C(=O)N(Cc1cccnc1)Cc1ccccc1C. The van der Waals surface area contributed by atoms with Crippen molar-refractivity contribution in [2.45, 2.75) is 33.4 Å². The van der Waals surface area contributed by atoms with E-state index in [0.717, 1.165) is 16.8 Å². The summed E-state index contributed by atoms with van der Waals surface area (Å²) in [5, 5.41) is 4.08. The van der Waals surface area contributed by atoms with Crippen molar-refractivity contribution in [3.8, 4) is 0 Å². The fourth-order valence-corrected chi connectivity index (χ4v) is 3.37. The molecule has 0 aliphatic rings. The topological polar surface area (TPSA) is 59.0 Å². The van der Waals surface area contributed by atoms with Crippen molar-refractivity contribution in [3.05, 3.63) is 76.1 Å². The first kappa shape index (κ1) is 17.2. The zero-order valence-corrected chi connectivity index (χ0v) is 15.2. The molecule has 2 aromatic heterocycles. The van der Waals surface area contributed by atoms with E-state index in [0.29, 0.717) is 24.4 Å². The fraction of sp³-hybridized carbons (Fsp3) is 0.263. The van der Waals surface area contributed by atoms with Crippen LogP contribution in [-0.2, 0) is 19.5 Å². The molecule has 0 saturated heterocycles. The number of carbonyl (C=O) groups is 1. The molecule has 0 aliphatic heterocycles. The van der Waals surface area contributed by atoms with Crippen LogP contribution in [0.25, 0.3) is 0 Å². The van der Waals surface area contributed by atoms with Crippen LogP contribution in [0.15, 0.2) is 48.8 Å². The normalized spacial score (nSPS) is 10.6. The number of rotatable bonds is 6. The van der Waals surface area contributed by atoms with E-state index in [1.165, 1.54) is 17.1 Å². The lowest BCUT2D eigenvalue weighted by molar-refractivity contribution is 0.0733. The monoisotopic (exact) mass is 352 g/mol. The van der Waals surface area contributed by atoms with Gasteiger partial charge in [0.1, 0.15) is 4.88 Å². The molecule has 2 heterocycles. The van der Waals surface area contributed by atoms with E-state index in [1.807, 2.05) is 36.1 Å². The van der Waals surface area contributed by atoms with Crippen LogP contribution < -0.4 is 0 Å². The van der Waals surface area contributed by atoms with Gasteiger partial charge in [-0.15, -0.1) is 5.10 Å². The molecule has 6 heteroatoms. The highest BCUT2D eigenvalue weighted by Crippen LogP contribution is 2.19. The number of pyridine rings is 1. The maximum absolute atomic E-state index is 13.1. The third-order valence-corrected chi connectivity index (χ3v) is 4.85. The van der Waals surface area contributed by atoms with E-state index in [4.69, 9.17) is 0 Å².